The Hall–Kier alpha value is -1.10. The first-order chi connectivity index (χ1) is 9.63. The standard InChI is InChI=1S/C16H26N2O2/c1-14-5-4-6-15(11-14)19-9-7-18-8-10-20-16(13-18)12-17(2)3/h4-6,11,16H,7-10,12-13H2,1-3H3/t16-/m1/s1. The highest BCUT2D eigenvalue weighted by atomic mass is 16.5. The van der Waals surface area contributed by atoms with Crippen molar-refractivity contribution in [1.82, 2.24) is 9.80 Å². The van der Waals surface area contributed by atoms with Gasteiger partial charge in [-0.05, 0) is 38.7 Å². The van der Waals surface area contributed by atoms with Crippen LogP contribution in [0.1, 0.15) is 5.56 Å². The first-order valence-corrected chi connectivity index (χ1v) is 7.31. The van der Waals surface area contributed by atoms with Crippen LogP contribution in [0.4, 0.5) is 0 Å². The molecule has 0 radical (unpaired) electrons. The van der Waals surface area contributed by atoms with Crippen LogP contribution in [0.15, 0.2) is 24.3 Å². The van der Waals surface area contributed by atoms with Crippen LogP contribution in [0.3, 0.4) is 0 Å². The average Bonchev–Trinajstić information content (AvgIpc) is 2.38. The minimum atomic E-state index is 0.317. The van der Waals surface area contributed by atoms with Gasteiger partial charge in [-0.2, -0.15) is 0 Å². The van der Waals surface area contributed by atoms with E-state index in [1.807, 2.05) is 12.1 Å². The zero-order valence-corrected chi connectivity index (χ0v) is 12.8. The Morgan fingerprint density at radius 2 is 2.25 bits per heavy atom. The van der Waals surface area contributed by atoms with Gasteiger partial charge in [-0.3, -0.25) is 4.90 Å². The van der Waals surface area contributed by atoms with Crippen molar-refractivity contribution in [2.45, 2.75) is 13.0 Å². The average molecular weight is 278 g/mol. The van der Waals surface area contributed by atoms with Crippen LogP contribution >= 0.6 is 0 Å². The van der Waals surface area contributed by atoms with Gasteiger partial charge in [0.25, 0.3) is 0 Å². The van der Waals surface area contributed by atoms with Crippen molar-refractivity contribution >= 4 is 0 Å². The third kappa shape index (κ3) is 5.12. The van der Waals surface area contributed by atoms with Gasteiger partial charge < -0.3 is 14.4 Å². The second-order valence-corrected chi connectivity index (χ2v) is 5.72. The highest BCUT2D eigenvalue weighted by Crippen LogP contribution is 2.12. The number of hydrogen-bond acceptors (Lipinski definition) is 4. The third-order valence-electron chi connectivity index (χ3n) is 3.46. The van der Waals surface area contributed by atoms with E-state index in [1.54, 1.807) is 0 Å². The van der Waals surface area contributed by atoms with Gasteiger partial charge in [-0.15, -0.1) is 0 Å². The Kier molecular flexibility index (Phi) is 5.83. The molecule has 1 aromatic rings. The van der Waals surface area contributed by atoms with Gasteiger partial charge in [-0.1, -0.05) is 12.1 Å². The van der Waals surface area contributed by atoms with E-state index < -0.39 is 0 Å². The van der Waals surface area contributed by atoms with Crippen LogP contribution in [0, 0.1) is 6.92 Å². The van der Waals surface area contributed by atoms with E-state index in [9.17, 15) is 0 Å². The third-order valence-corrected chi connectivity index (χ3v) is 3.46. The van der Waals surface area contributed by atoms with Gasteiger partial charge >= 0.3 is 0 Å². The molecule has 0 amide bonds. The summed E-state index contributed by atoms with van der Waals surface area (Å²) in [4.78, 5) is 4.60. The minimum absolute atomic E-state index is 0.317. The number of rotatable bonds is 6. The van der Waals surface area contributed by atoms with Gasteiger partial charge in [0.15, 0.2) is 0 Å². The molecule has 1 atom stereocenters. The second-order valence-electron chi connectivity index (χ2n) is 5.72. The summed E-state index contributed by atoms with van der Waals surface area (Å²) in [6.07, 6.45) is 0.317. The maximum Gasteiger partial charge on any atom is 0.119 e. The number of morpholine rings is 1. The number of nitrogens with zero attached hydrogens (tertiary/aromatic N) is 2. The van der Waals surface area contributed by atoms with E-state index in [-0.39, 0.29) is 0 Å². The highest BCUT2D eigenvalue weighted by molar-refractivity contribution is 5.27. The molecule has 1 aromatic carbocycles. The number of benzene rings is 1. The molecule has 1 aliphatic heterocycles. The molecule has 0 bridgehead atoms. The monoisotopic (exact) mass is 278 g/mol. The lowest BCUT2D eigenvalue weighted by Crippen LogP contribution is -2.47. The summed E-state index contributed by atoms with van der Waals surface area (Å²) in [6, 6.07) is 8.21. The lowest BCUT2D eigenvalue weighted by molar-refractivity contribution is -0.0405. The lowest BCUT2D eigenvalue weighted by Gasteiger charge is -2.34. The zero-order chi connectivity index (χ0) is 14.4. The van der Waals surface area contributed by atoms with E-state index in [1.165, 1.54) is 5.56 Å². The van der Waals surface area contributed by atoms with Crippen molar-refractivity contribution < 1.29 is 9.47 Å². The van der Waals surface area contributed by atoms with Crippen molar-refractivity contribution in [2.75, 3.05) is 53.5 Å². The van der Waals surface area contributed by atoms with Crippen molar-refractivity contribution in [2.24, 2.45) is 0 Å². The van der Waals surface area contributed by atoms with Gasteiger partial charge in [0.2, 0.25) is 0 Å². The molecule has 0 N–H and O–H groups in total. The summed E-state index contributed by atoms with van der Waals surface area (Å²) in [5.74, 6) is 0.961. The van der Waals surface area contributed by atoms with Gasteiger partial charge in [0.05, 0.1) is 12.7 Å². The summed E-state index contributed by atoms with van der Waals surface area (Å²) in [5, 5.41) is 0. The minimum Gasteiger partial charge on any atom is -0.492 e. The van der Waals surface area contributed by atoms with Crippen molar-refractivity contribution in [3.05, 3.63) is 29.8 Å². The summed E-state index contributed by atoms with van der Waals surface area (Å²) in [7, 11) is 4.17. The predicted molar refractivity (Wildman–Crippen MR) is 81.4 cm³/mol. The molecule has 4 nitrogen and oxygen atoms in total. The van der Waals surface area contributed by atoms with E-state index in [0.717, 1.165) is 45.1 Å². The van der Waals surface area contributed by atoms with Gasteiger partial charge in [-0.25, -0.2) is 0 Å². The molecule has 0 spiro atoms. The summed E-state index contributed by atoms with van der Waals surface area (Å²) < 4.78 is 11.6. The number of likely N-dealkylation sites (N-methyl/N-ethyl adjacent to an activating group) is 1. The van der Waals surface area contributed by atoms with Crippen LogP contribution < -0.4 is 4.74 Å². The predicted octanol–water partition coefficient (Wildman–Crippen LogP) is 1.64. The van der Waals surface area contributed by atoms with E-state index in [4.69, 9.17) is 9.47 Å². The molecule has 112 valence electrons. The van der Waals surface area contributed by atoms with Crippen LogP contribution in [-0.2, 0) is 4.74 Å². The molecule has 1 fully saturated rings. The SMILES string of the molecule is Cc1cccc(OCCN2CCO[C@H](CN(C)C)C2)c1. The fourth-order valence-corrected chi connectivity index (χ4v) is 2.50. The summed E-state index contributed by atoms with van der Waals surface area (Å²) in [6.45, 7) is 7.58. The van der Waals surface area contributed by atoms with Crippen LogP contribution in [0.2, 0.25) is 0 Å². The van der Waals surface area contributed by atoms with Crippen LogP contribution in [0.5, 0.6) is 5.75 Å². The number of aryl methyl sites for hydroxylation is 1. The Labute approximate surface area is 122 Å². The normalized spacial score (nSPS) is 20.3. The molecule has 0 aromatic heterocycles. The maximum absolute atomic E-state index is 5.81. The van der Waals surface area contributed by atoms with E-state index in [0.29, 0.717) is 6.10 Å². The lowest BCUT2D eigenvalue weighted by atomic mass is 10.2. The molecule has 0 unspecified atom stereocenters. The fourth-order valence-electron chi connectivity index (χ4n) is 2.50. The summed E-state index contributed by atoms with van der Waals surface area (Å²) in [5.41, 5.74) is 1.24. The molecule has 1 heterocycles. The van der Waals surface area contributed by atoms with Gasteiger partial charge in [0, 0.05) is 26.2 Å². The number of ether oxygens (including phenoxy) is 2. The molecule has 1 saturated heterocycles. The van der Waals surface area contributed by atoms with Crippen LogP contribution in [-0.4, -0.2) is 69.4 Å². The molecule has 2 rings (SSSR count). The number of hydrogen-bond donors (Lipinski definition) is 0. The fraction of sp³-hybridized carbons (Fsp3) is 0.625. The smallest absolute Gasteiger partial charge is 0.119 e. The Bertz CT molecular complexity index is 409. The molecule has 4 heteroatoms. The molecule has 1 aliphatic rings. The highest BCUT2D eigenvalue weighted by Gasteiger charge is 2.20. The zero-order valence-electron chi connectivity index (χ0n) is 12.8. The van der Waals surface area contributed by atoms with Crippen LogP contribution in [0.25, 0.3) is 0 Å². The molecule has 20 heavy (non-hydrogen) atoms. The molecular formula is C16H26N2O2. The molecular weight excluding hydrogens is 252 g/mol. The first kappa shape index (κ1) is 15.3. The van der Waals surface area contributed by atoms with Gasteiger partial charge in [0.1, 0.15) is 12.4 Å². The summed E-state index contributed by atoms with van der Waals surface area (Å²) >= 11 is 0. The molecule has 0 aliphatic carbocycles. The molecule has 0 saturated carbocycles. The first-order valence-electron chi connectivity index (χ1n) is 7.31. The Balaban J connectivity index is 1.71. The second kappa shape index (κ2) is 7.62. The van der Waals surface area contributed by atoms with E-state index in [2.05, 4.69) is 43.0 Å². The largest absolute Gasteiger partial charge is 0.492 e. The Morgan fingerprint density at radius 1 is 1.40 bits per heavy atom. The maximum atomic E-state index is 5.81. The van der Waals surface area contributed by atoms with E-state index >= 15 is 0 Å². The quantitative estimate of drug-likeness (QED) is 0.790. The van der Waals surface area contributed by atoms with Crippen molar-refractivity contribution in [3.8, 4) is 5.75 Å². The van der Waals surface area contributed by atoms with Crippen molar-refractivity contribution in [1.29, 1.82) is 0 Å². The Morgan fingerprint density at radius 3 is 3.00 bits per heavy atom. The topological polar surface area (TPSA) is 24.9 Å². The van der Waals surface area contributed by atoms with Crippen molar-refractivity contribution in [3.63, 3.8) is 0 Å².